The lowest BCUT2D eigenvalue weighted by molar-refractivity contribution is -0.137. The molecule has 1 aromatic carbocycles. The Bertz CT molecular complexity index is 1480. The van der Waals surface area contributed by atoms with Gasteiger partial charge in [0.15, 0.2) is 5.78 Å². The number of ketones is 1. The van der Waals surface area contributed by atoms with Crippen molar-refractivity contribution in [1.82, 2.24) is 19.8 Å². The molecule has 2 saturated heterocycles. The maximum Gasteiger partial charge on any atom is 0.419 e. The Morgan fingerprint density at radius 1 is 1.22 bits per heavy atom. The zero-order chi connectivity index (χ0) is 33.0. The first-order chi connectivity index (χ1) is 22.0. The number of hydrogen-bond donors (Lipinski definition) is 1. The van der Waals surface area contributed by atoms with Gasteiger partial charge in [0.05, 0.1) is 41.0 Å². The number of halogens is 4. The molecule has 2 aromatic rings. The predicted octanol–water partition coefficient (Wildman–Crippen LogP) is 4.44. The Hall–Kier alpha value is -3.44. The van der Waals surface area contributed by atoms with E-state index in [1.807, 2.05) is 11.9 Å². The molecule has 0 spiro atoms. The molecule has 0 amide bonds. The number of likely N-dealkylation sites (N-methyl/N-ethyl adjacent to an activating group) is 1. The number of likely N-dealkylation sites (tertiary alicyclic amines) is 1. The molecule has 3 aliphatic rings. The van der Waals surface area contributed by atoms with Gasteiger partial charge in [0.2, 0.25) is 0 Å². The monoisotopic (exact) mass is 661 g/mol. The molecule has 1 N–H and O–H groups in total. The van der Waals surface area contributed by atoms with Gasteiger partial charge in [-0.2, -0.15) is 28.4 Å². The summed E-state index contributed by atoms with van der Waals surface area (Å²) in [7, 11) is 2.04. The average Bonchev–Trinajstić information content (AvgIpc) is 3.45. The fourth-order valence-corrected chi connectivity index (χ4v) is 6.73. The van der Waals surface area contributed by atoms with Gasteiger partial charge >= 0.3 is 12.2 Å². The molecule has 4 heterocycles. The highest BCUT2D eigenvalue weighted by molar-refractivity contribution is 6.31. The summed E-state index contributed by atoms with van der Waals surface area (Å²) >= 11 is 6.05. The van der Waals surface area contributed by atoms with E-state index in [1.165, 1.54) is 30.4 Å². The van der Waals surface area contributed by atoms with Gasteiger partial charge in [-0.15, -0.1) is 0 Å². The summed E-state index contributed by atoms with van der Waals surface area (Å²) < 4.78 is 48.4. The van der Waals surface area contributed by atoms with Crippen LogP contribution in [0.15, 0.2) is 30.4 Å². The molecule has 2 fully saturated rings. The molecule has 5 rings (SSSR count). The van der Waals surface area contributed by atoms with Gasteiger partial charge in [0, 0.05) is 50.2 Å². The Labute approximate surface area is 272 Å². The number of aromatic nitrogens is 2. The van der Waals surface area contributed by atoms with Gasteiger partial charge in [-0.25, -0.2) is 0 Å². The number of nitriles is 1. The number of ether oxygens (including phenoxy) is 1. The number of allylic oxidation sites excluding steroid dienone is 1. The quantitative estimate of drug-likeness (QED) is 0.367. The third kappa shape index (κ3) is 7.57. The number of carbonyl (C=O) groups is 1. The molecule has 1 aromatic heterocycles. The first kappa shape index (κ1) is 33.9. The van der Waals surface area contributed by atoms with Crippen LogP contribution >= 0.6 is 11.6 Å². The molecule has 0 bridgehead atoms. The SMILES string of the molecule is CCC(=O)/C=C/C(O)N1CCN(c2nc(OC[C@@H]3CCCN3C)nc3c2CCN(c2cccc(Cl)c2C(F)(F)F)C3)C[C@@H]1CC#N. The zero-order valence-electron chi connectivity index (χ0n) is 26.0. The summed E-state index contributed by atoms with van der Waals surface area (Å²) in [6.45, 7) is 4.70. The van der Waals surface area contributed by atoms with E-state index < -0.39 is 18.0 Å². The third-order valence-electron chi connectivity index (χ3n) is 9.01. The van der Waals surface area contributed by atoms with E-state index >= 15 is 0 Å². The summed E-state index contributed by atoms with van der Waals surface area (Å²) in [5.74, 6) is 0.517. The molecule has 0 aliphatic carbocycles. The topological polar surface area (TPSA) is 109 Å². The highest BCUT2D eigenvalue weighted by Gasteiger charge is 2.39. The van der Waals surface area contributed by atoms with Gasteiger partial charge < -0.3 is 24.5 Å². The molecule has 1 unspecified atom stereocenters. The van der Waals surface area contributed by atoms with Crippen LogP contribution in [0.3, 0.4) is 0 Å². The molecule has 248 valence electrons. The number of aliphatic hydroxyl groups excluding tert-OH is 1. The van der Waals surface area contributed by atoms with Crippen LogP contribution in [0.5, 0.6) is 6.01 Å². The van der Waals surface area contributed by atoms with E-state index in [0.29, 0.717) is 50.6 Å². The Morgan fingerprint density at radius 3 is 2.72 bits per heavy atom. The minimum absolute atomic E-state index is 0.00726. The normalized spacial score (nSPS) is 21.8. The number of fused-ring (bicyclic) bond motifs is 1. The summed E-state index contributed by atoms with van der Waals surface area (Å²) in [6, 6.07) is 6.37. The maximum absolute atomic E-state index is 14.1. The summed E-state index contributed by atoms with van der Waals surface area (Å²) in [5, 5.41) is 20.1. The lowest BCUT2D eigenvalue weighted by Gasteiger charge is -2.43. The lowest BCUT2D eigenvalue weighted by Crippen LogP contribution is -2.56. The number of aliphatic hydroxyl groups is 1. The maximum atomic E-state index is 14.1. The van der Waals surface area contributed by atoms with Crippen molar-refractivity contribution in [2.45, 2.75) is 70.1 Å². The number of hydrogen-bond acceptors (Lipinski definition) is 10. The van der Waals surface area contributed by atoms with E-state index in [4.69, 9.17) is 26.3 Å². The van der Waals surface area contributed by atoms with Crippen LogP contribution in [-0.4, -0.2) is 95.3 Å². The van der Waals surface area contributed by atoms with Crippen LogP contribution < -0.4 is 14.5 Å². The molecule has 3 atom stereocenters. The smallest absolute Gasteiger partial charge is 0.419 e. The van der Waals surface area contributed by atoms with Crippen molar-refractivity contribution >= 4 is 28.9 Å². The van der Waals surface area contributed by atoms with Crippen LogP contribution in [0.1, 0.15) is 49.4 Å². The number of benzene rings is 1. The molecule has 10 nitrogen and oxygen atoms in total. The fraction of sp³-hybridized carbons (Fsp3) is 0.562. The van der Waals surface area contributed by atoms with Gasteiger partial charge in [-0.3, -0.25) is 9.69 Å². The Kier molecular flexibility index (Phi) is 10.7. The fourth-order valence-electron chi connectivity index (χ4n) is 6.46. The molecule has 14 heteroatoms. The number of carbonyl (C=O) groups excluding carboxylic acids is 1. The minimum Gasteiger partial charge on any atom is -0.462 e. The summed E-state index contributed by atoms with van der Waals surface area (Å²) in [4.78, 5) is 29.0. The molecule has 0 radical (unpaired) electrons. The first-order valence-corrected chi connectivity index (χ1v) is 16.0. The predicted molar refractivity (Wildman–Crippen MR) is 168 cm³/mol. The number of anilines is 2. The number of piperazine rings is 1. The van der Waals surface area contributed by atoms with Crippen molar-refractivity contribution in [3.8, 4) is 12.1 Å². The van der Waals surface area contributed by atoms with Gasteiger partial charge in [0.25, 0.3) is 0 Å². The van der Waals surface area contributed by atoms with Gasteiger partial charge in [0.1, 0.15) is 18.7 Å². The van der Waals surface area contributed by atoms with E-state index in [9.17, 15) is 28.3 Å². The van der Waals surface area contributed by atoms with E-state index in [0.717, 1.165) is 24.9 Å². The average molecular weight is 662 g/mol. The van der Waals surface area contributed by atoms with Crippen molar-refractivity contribution in [3.05, 3.63) is 52.2 Å². The molecular weight excluding hydrogens is 623 g/mol. The highest BCUT2D eigenvalue weighted by atomic mass is 35.5. The van der Waals surface area contributed by atoms with Gasteiger partial charge in [-0.1, -0.05) is 24.6 Å². The zero-order valence-corrected chi connectivity index (χ0v) is 26.8. The van der Waals surface area contributed by atoms with Crippen LogP contribution in [0.2, 0.25) is 5.02 Å². The Balaban J connectivity index is 1.46. The standard InChI is InChI=1S/C32H39ClF3N7O3/c1-3-23(44)9-10-28(45)43-17-16-42(18-21(43)11-13-37)30-24-12-15-41(27-8-4-7-25(33)29(27)32(34,35)36)19-26(24)38-31(39-30)46-20-22-6-5-14-40(22)2/h4,7-10,21-22,28,45H,3,5-6,11-12,14-20H2,1-2H3/b10-9+/t21-,22-,28?/m0/s1. The van der Waals surface area contributed by atoms with Gasteiger partial charge in [-0.05, 0) is 57.1 Å². The molecule has 3 aliphatic heterocycles. The molecule has 0 saturated carbocycles. The first-order valence-electron chi connectivity index (χ1n) is 15.6. The Morgan fingerprint density at radius 2 is 2.02 bits per heavy atom. The van der Waals surface area contributed by atoms with E-state index in [2.05, 4.69) is 11.0 Å². The van der Waals surface area contributed by atoms with Crippen molar-refractivity contribution in [3.63, 3.8) is 0 Å². The van der Waals surface area contributed by atoms with Crippen molar-refractivity contribution in [1.29, 1.82) is 5.26 Å². The van der Waals surface area contributed by atoms with Crippen LogP contribution in [0.4, 0.5) is 24.7 Å². The summed E-state index contributed by atoms with van der Waals surface area (Å²) in [5.41, 5.74) is 0.501. The van der Waals surface area contributed by atoms with E-state index in [-0.39, 0.29) is 54.1 Å². The van der Waals surface area contributed by atoms with Crippen molar-refractivity contribution in [2.24, 2.45) is 0 Å². The second-order valence-corrected chi connectivity index (χ2v) is 12.3. The van der Waals surface area contributed by atoms with Crippen LogP contribution in [0, 0.1) is 11.3 Å². The molecular formula is C32H39ClF3N7O3. The minimum atomic E-state index is -4.63. The van der Waals surface area contributed by atoms with Crippen molar-refractivity contribution in [2.75, 3.05) is 56.2 Å². The van der Waals surface area contributed by atoms with Crippen molar-refractivity contribution < 1.29 is 27.8 Å². The third-order valence-corrected chi connectivity index (χ3v) is 9.33. The second kappa shape index (κ2) is 14.5. The van der Waals surface area contributed by atoms with E-state index in [1.54, 1.807) is 16.7 Å². The number of alkyl halides is 3. The van der Waals surface area contributed by atoms with Crippen LogP contribution in [0.25, 0.3) is 0 Å². The number of nitrogens with zero attached hydrogens (tertiary/aromatic N) is 7. The second-order valence-electron chi connectivity index (χ2n) is 11.9. The summed E-state index contributed by atoms with van der Waals surface area (Å²) in [6.07, 6.45) is 0.0320. The largest absolute Gasteiger partial charge is 0.462 e. The lowest BCUT2D eigenvalue weighted by atomic mass is 10.0. The highest BCUT2D eigenvalue weighted by Crippen LogP contribution is 2.43. The molecule has 46 heavy (non-hydrogen) atoms. The van der Waals surface area contributed by atoms with Crippen LogP contribution in [-0.2, 0) is 23.9 Å². The number of rotatable bonds is 10.